The number of benzene rings is 2. The summed E-state index contributed by atoms with van der Waals surface area (Å²) in [7, 11) is 1.80. The van der Waals surface area contributed by atoms with Crippen molar-refractivity contribution < 1.29 is 0 Å². The maximum atomic E-state index is 4.52. The van der Waals surface area contributed by atoms with Crippen LogP contribution in [-0.4, -0.2) is 45.4 Å². The smallest absolute Gasteiger partial charge is 0.191 e. The highest BCUT2D eigenvalue weighted by Crippen LogP contribution is 2.09. The van der Waals surface area contributed by atoms with Crippen LogP contribution < -0.4 is 10.6 Å². The Hall–Kier alpha value is -3.87. The van der Waals surface area contributed by atoms with E-state index >= 15 is 0 Å². The first kappa shape index (κ1) is 21.4. The number of nitrogens with zero attached hydrogens (tertiary/aromatic N) is 5. The van der Waals surface area contributed by atoms with Gasteiger partial charge in [-0.3, -0.25) is 4.99 Å². The molecule has 0 unspecified atom stereocenters. The molecule has 0 bridgehead atoms. The van der Waals surface area contributed by atoms with Crippen molar-refractivity contribution >= 4 is 5.96 Å². The number of nitrogens with one attached hydrogen (secondary N) is 2. The number of hydrogen-bond acceptors (Lipinski definition) is 3. The lowest BCUT2D eigenvalue weighted by Gasteiger charge is -2.13. The molecule has 0 atom stereocenters. The molecule has 0 saturated carbocycles. The Morgan fingerprint density at radius 2 is 1.62 bits per heavy atom. The normalized spacial score (nSPS) is 11.5. The summed E-state index contributed by atoms with van der Waals surface area (Å²) >= 11 is 0. The van der Waals surface area contributed by atoms with Gasteiger partial charge >= 0.3 is 0 Å². The van der Waals surface area contributed by atoms with E-state index in [1.807, 2.05) is 35.4 Å². The van der Waals surface area contributed by atoms with E-state index in [1.165, 1.54) is 11.1 Å². The number of imidazole rings is 1. The molecule has 0 aliphatic rings. The topological polar surface area (TPSA) is 72.1 Å². The molecular weight excluding hydrogens is 398 g/mol. The van der Waals surface area contributed by atoms with Crippen molar-refractivity contribution in [3.8, 4) is 5.69 Å². The molecule has 4 rings (SSSR count). The highest BCUT2D eigenvalue weighted by atomic mass is 15.3. The van der Waals surface area contributed by atoms with Crippen molar-refractivity contribution in [3.63, 3.8) is 0 Å². The summed E-state index contributed by atoms with van der Waals surface area (Å²) in [6, 6.07) is 20.8. The predicted molar refractivity (Wildman–Crippen MR) is 128 cm³/mol. The molecule has 0 aliphatic carbocycles. The van der Waals surface area contributed by atoms with Gasteiger partial charge in [0.25, 0.3) is 0 Å². The fourth-order valence-corrected chi connectivity index (χ4v) is 3.57. The minimum absolute atomic E-state index is 0.768. The lowest BCUT2D eigenvalue weighted by Crippen LogP contribution is -2.39. The highest BCUT2D eigenvalue weighted by molar-refractivity contribution is 5.79. The van der Waals surface area contributed by atoms with E-state index in [0.717, 1.165) is 49.9 Å². The largest absolute Gasteiger partial charge is 0.356 e. The molecule has 0 fully saturated rings. The predicted octanol–water partition coefficient (Wildman–Crippen LogP) is 3.07. The third kappa shape index (κ3) is 5.85. The van der Waals surface area contributed by atoms with E-state index in [0.29, 0.717) is 0 Å². The van der Waals surface area contributed by atoms with Crippen LogP contribution in [0, 0.1) is 0 Å². The lowest BCUT2D eigenvalue weighted by atomic mass is 10.1. The molecular formula is C25H29N7. The fourth-order valence-electron chi connectivity index (χ4n) is 3.57. The van der Waals surface area contributed by atoms with Gasteiger partial charge in [0.15, 0.2) is 5.96 Å². The van der Waals surface area contributed by atoms with Gasteiger partial charge in [-0.1, -0.05) is 42.5 Å². The van der Waals surface area contributed by atoms with Crippen molar-refractivity contribution in [3.05, 3.63) is 102 Å². The third-order valence-corrected chi connectivity index (χ3v) is 5.27. The first-order chi connectivity index (χ1) is 15.8. The standard InChI is InChI=1S/C25H29N7/c1-26-25(28-15-12-21-8-10-23(11-9-21)32-18-5-14-30-32)29-16-13-24-27-17-19-31(24)20-22-6-3-2-4-7-22/h2-11,14,17-19H,12-13,15-16,20H2,1H3,(H2,26,28,29). The van der Waals surface area contributed by atoms with Crippen LogP contribution in [-0.2, 0) is 19.4 Å². The number of guanidine groups is 1. The van der Waals surface area contributed by atoms with Crippen molar-refractivity contribution in [1.82, 2.24) is 30.0 Å². The van der Waals surface area contributed by atoms with Crippen LogP contribution in [0.5, 0.6) is 0 Å². The van der Waals surface area contributed by atoms with E-state index in [1.54, 1.807) is 13.2 Å². The first-order valence-corrected chi connectivity index (χ1v) is 10.9. The summed E-state index contributed by atoms with van der Waals surface area (Å²) in [4.78, 5) is 8.85. The molecule has 7 heteroatoms. The van der Waals surface area contributed by atoms with Crippen LogP contribution in [0.15, 0.2) is 90.4 Å². The van der Waals surface area contributed by atoms with Gasteiger partial charge in [-0.2, -0.15) is 5.10 Å². The Bertz CT molecular complexity index is 1100. The zero-order chi connectivity index (χ0) is 22.0. The minimum Gasteiger partial charge on any atom is -0.356 e. The van der Waals surface area contributed by atoms with Crippen LogP contribution in [0.1, 0.15) is 17.0 Å². The molecule has 2 heterocycles. The van der Waals surface area contributed by atoms with Gasteiger partial charge in [0.2, 0.25) is 0 Å². The number of hydrogen-bond donors (Lipinski definition) is 2. The second kappa shape index (κ2) is 10.9. The molecule has 0 radical (unpaired) electrons. The Kier molecular flexibility index (Phi) is 7.31. The maximum Gasteiger partial charge on any atom is 0.191 e. The van der Waals surface area contributed by atoms with Gasteiger partial charge in [0.1, 0.15) is 5.82 Å². The number of aliphatic imine (C=N–C) groups is 1. The van der Waals surface area contributed by atoms with Crippen LogP contribution in [0.2, 0.25) is 0 Å². The SMILES string of the molecule is CN=C(NCCc1ccc(-n2cccn2)cc1)NCCc1nccn1Cc1ccccc1. The second-order valence-electron chi connectivity index (χ2n) is 7.50. The molecule has 4 aromatic rings. The number of aromatic nitrogens is 4. The van der Waals surface area contributed by atoms with Crippen LogP contribution in [0.4, 0.5) is 0 Å². The monoisotopic (exact) mass is 427 g/mol. The van der Waals surface area contributed by atoms with Gasteiger partial charge in [0.05, 0.1) is 5.69 Å². The summed E-state index contributed by atoms with van der Waals surface area (Å²) in [6.45, 7) is 2.41. The molecule has 0 aliphatic heterocycles. The molecule has 2 aromatic carbocycles. The Balaban J connectivity index is 1.20. The molecule has 32 heavy (non-hydrogen) atoms. The average Bonchev–Trinajstić information content (AvgIpc) is 3.52. The van der Waals surface area contributed by atoms with Crippen molar-refractivity contribution in [2.24, 2.45) is 4.99 Å². The first-order valence-electron chi connectivity index (χ1n) is 10.9. The number of rotatable bonds is 9. The van der Waals surface area contributed by atoms with Crippen LogP contribution in [0.25, 0.3) is 5.69 Å². The summed E-state index contributed by atoms with van der Waals surface area (Å²) < 4.78 is 4.05. The summed E-state index contributed by atoms with van der Waals surface area (Å²) in [6.07, 6.45) is 9.38. The van der Waals surface area contributed by atoms with Gasteiger partial charge in [-0.15, -0.1) is 0 Å². The van der Waals surface area contributed by atoms with Crippen molar-refractivity contribution in [2.45, 2.75) is 19.4 Å². The third-order valence-electron chi connectivity index (χ3n) is 5.27. The van der Waals surface area contributed by atoms with Gasteiger partial charge in [-0.05, 0) is 35.7 Å². The maximum absolute atomic E-state index is 4.52. The van der Waals surface area contributed by atoms with Crippen molar-refractivity contribution in [2.75, 3.05) is 20.1 Å². The molecule has 0 spiro atoms. The zero-order valence-corrected chi connectivity index (χ0v) is 18.4. The van der Waals surface area contributed by atoms with E-state index in [9.17, 15) is 0 Å². The summed E-state index contributed by atoms with van der Waals surface area (Å²) in [5, 5.41) is 11.0. The highest BCUT2D eigenvalue weighted by Gasteiger charge is 2.05. The molecule has 0 amide bonds. The quantitative estimate of drug-likeness (QED) is 0.318. The molecule has 164 valence electrons. The molecule has 2 aromatic heterocycles. The Morgan fingerprint density at radius 3 is 2.34 bits per heavy atom. The summed E-state index contributed by atoms with van der Waals surface area (Å²) in [5.41, 5.74) is 3.61. The fraction of sp³-hybridized carbons (Fsp3) is 0.240. The average molecular weight is 428 g/mol. The Labute approximate surface area is 188 Å². The molecule has 0 saturated heterocycles. The molecule has 7 nitrogen and oxygen atoms in total. The van der Waals surface area contributed by atoms with Gasteiger partial charge in [0, 0.05) is 57.9 Å². The van der Waals surface area contributed by atoms with E-state index in [-0.39, 0.29) is 0 Å². The van der Waals surface area contributed by atoms with Crippen molar-refractivity contribution in [1.29, 1.82) is 0 Å². The second-order valence-corrected chi connectivity index (χ2v) is 7.50. The van der Waals surface area contributed by atoms with Gasteiger partial charge < -0.3 is 15.2 Å². The Morgan fingerprint density at radius 1 is 0.844 bits per heavy atom. The lowest BCUT2D eigenvalue weighted by molar-refractivity contribution is 0.693. The minimum atomic E-state index is 0.768. The van der Waals surface area contributed by atoms with E-state index < -0.39 is 0 Å². The zero-order valence-electron chi connectivity index (χ0n) is 18.4. The molecule has 2 N–H and O–H groups in total. The van der Waals surface area contributed by atoms with Gasteiger partial charge in [-0.25, -0.2) is 9.67 Å². The van der Waals surface area contributed by atoms with E-state index in [2.05, 4.69) is 78.8 Å². The van der Waals surface area contributed by atoms with E-state index in [4.69, 9.17) is 0 Å². The summed E-state index contributed by atoms with van der Waals surface area (Å²) in [5.74, 6) is 1.87. The van der Waals surface area contributed by atoms with Crippen LogP contribution >= 0.6 is 0 Å². The van der Waals surface area contributed by atoms with Crippen LogP contribution in [0.3, 0.4) is 0 Å².